The van der Waals surface area contributed by atoms with Gasteiger partial charge < -0.3 is 14.2 Å². The quantitative estimate of drug-likeness (QED) is 0.524. The predicted octanol–water partition coefficient (Wildman–Crippen LogP) is 3.00. The number of hydrazine groups is 1. The first-order valence-electron chi connectivity index (χ1n) is 9.92. The van der Waals surface area contributed by atoms with Gasteiger partial charge in [0.25, 0.3) is 11.8 Å². The zero-order valence-electron chi connectivity index (χ0n) is 18.9. The van der Waals surface area contributed by atoms with E-state index in [9.17, 15) is 9.59 Å². The van der Waals surface area contributed by atoms with E-state index in [0.717, 1.165) is 11.1 Å². The minimum atomic E-state index is -0.804. The molecule has 10 heteroatoms. The number of nitrogens with zero attached hydrogens (tertiary/aromatic N) is 2. The molecule has 0 aliphatic heterocycles. The van der Waals surface area contributed by atoms with E-state index in [1.54, 1.807) is 27.0 Å². The second kappa shape index (κ2) is 9.92. The summed E-state index contributed by atoms with van der Waals surface area (Å²) in [6.45, 7) is 7.52. The molecule has 0 aliphatic rings. The van der Waals surface area contributed by atoms with Crippen LogP contribution in [0.5, 0.6) is 11.6 Å². The number of aromatic nitrogens is 2. The van der Waals surface area contributed by atoms with Gasteiger partial charge in [-0.2, -0.15) is 4.98 Å². The van der Waals surface area contributed by atoms with Crippen molar-refractivity contribution in [3.8, 4) is 11.6 Å². The fraction of sp³-hybridized carbons (Fsp3) is 0.364. The standard InChI is InChI=1S/C22H26N4O5S/c1-11-8-7-9-15(12(11)2)31-14(4)19(27)25-26-20(28)18-13(3)17-21(30-6)23-16(10-29-5)24-22(17)32-18/h7-9,14H,10H2,1-6H3,(H,25,27)(H,26,28). The number of hydrogen-bond donors (Lipinski definition) is 2. The van der Waals surface area contributed by atoms with Crippen molar-refractivity contribution < 1.29 is 23.8 Å². The number of amides is 2. The molecular weight excluding hydrogens is 432 g/mol. The van der Waals surface area contributed by atoms with E-state index in [1.165, 1.54) is 18.4 Å². The Hall–Kier alpha value is -3.24. The maximum Gasteiger partial charge on any atom is 0.280 e. The minimum absolute atomic E-state index is 0.221. The average molecular weight is 459 g/mol. The van der Waals surface area contributed by atoms with E-state index in [1.807, 2.05) is 26.0 Å². The Kier molecular flexibility index (Phi) is 7.26. The molecule has 3 aromatic rings. The maximum atomic E-state index is 12.8. The molecule has 3 rings (SSSR count). The summed E-state index contributed by atoms with van der Waals surface area (Å²) in [4.78, 5) is 35.0. The molecule has 0 saturated heterocycles. The highest BCUT2D eigenvalue weighted by atomic mass is 32.1. The first-order chi connectivity index (χ1) is 15.3. The molecule has 32 heavy (non-hydrogen) atoms. The zero-order chi connectivity index (χ0) is 23.4. The lowest BCUT2D eigenvalue weighted by Gasteiger charge is -2.17. The molecule has 0 fully saturated rings. The molecule has 2 heterocycles. The summed E-state index contributed by atoms with van der Waals surface area (Å²) in [6.07, 6.45) is -0.804. The second-order valence-corrected chi connectivity index (χ2v) is 8.22. The lowest BCUT2D eigenvalue weighted by atomic mass is 10.1. The Bertz CT molecular complexity index is 1160. The molecule has 0 spiro atoms. The molecule has 1 aromatic carbocycles. The van der Waals surface area contributed by atoms with Gasteiger partial charge in [-0.1, -0.05) is 12.1 Å². The highest BCUT2D eigenvalue weighted by Crippen LogP contribution is 2.35. The molecule has 2 N–H and O–H groups in total. The van der Waals surface area contributed by atoms with Crippen molar-refractivity contribution in [3.63, 3.8) is 0 Å². The molecule has 9 nitrogen and oxygen atoms in total. The number of benzene rings is 1. The lowest BCUT2D eigenvalue weighted by Crippen LogP contribution is -2.47. The summed E-state index contributed by atoms with van der Waals surface area (Å²) < 4.78 is 16.2. The molecule has 0 saturated carbocycles. The van der Waals surface area contributed by atoms with Gasteiger partial charge in [0.05, 0.1) is 17.4 Å². The third kappa shape index (κ3) is 4.81. The Morgan fingerprint density at radius 2 is 1.84 bits per heavy atom. The second-order valence-electron chi connectivity index (χ2n) is 7.22. The van der Waals surface area contributed by atoms with E-state index in [2.05, 4.69) is 20.8 Å². The van der Waals surface area contributed by atoms with Crippen LogP contribution in [0.25, 0.3) is 10.2 Å². The summed E-state index contributed by atoms with van der Waals surface area (Å²) in [6, 6.07) is 5.64. The molecular formula is C22H26N4O5S. The lowest BCUT2D eigenvalue weighted by molar-refractivity contribution is -0.128. The van der Waals surface area contributed by atoms with Crippen molar-refractivity contribution >= 4 is 33.4 Å². The number of fused-ring (bicyclic) bond motifs is 1. The smallest absolute Gasteiger partial charge is 0.280 e. The van der Waals surface area contributed by atoms with Crippen LogP contribution in [-0.4, -0.2) is 42.1 Å². The van der Waals surface area contributed by atoms with Crippen molar-refractivity contribution in [2.75, 3.05) is 14.2 Å². The van der Waals surface area contributed by atoms with Crippen molar-refractivity contribution in [2.45, 2.75) is 40.4 Å². The molecule has 1 unspecified atom stereocenters. The number of hydrogen-bond acceptors (Lipinski definition) is 8. The monoisotopic (exact) mass is 458 g/mol. The number of thiophene rings is 1. The molecule has 1 atom stereocenters. The number of carbonyl (C=O) groups is 2. The van der Waals surface area contributed by atoms with E-state index < -0.39 is 17.9 Å². The third-order valence-electron chi connectivity index (χ3n) is 5.00. The molecule has 2 aromatic heterocycles. The highest BCUT2D eigenvalue weighted by molar-refractivity contribution is 7.20. The summed E-state index contributed by atoms with van der Waals surface area (Å²) in [5, 5.41) is 0.653. The normalized spacial score (nSPS) is 11.8. The maximum absolute atomic E-state index is 12.8. The summed E-state index contributed by atoms with van der Waals surface area (Å²) in [5.41, 5.74) is 7.56. The van der Waals surface area contributed by atoms with Crippen molar-refractivity contribution in [2.24, 2.45) is 0 Å². The number of rotatable bonds is 7. The van der Waals surface area contributed by atoms with Crippen molar-refractivity contribution in [3.05, 3.63) is 45.6 Å². The molecule has 170 valence electrons. The van der Waals surface area contributed by atoms with Crippen molar-refractivity contribution in [1.82, 2.24) is 20.8 Å². The third-order valence-corrected chi connectivity index (χ3v) is 6.19. The minimum Gasteiger partial charge on any atom is -0.481 e. The highest BCUT2D eigenvalue weighted by Gasteiger charge is 2.23. The molecule has 2 amide bonds. The number of methoxy groups -OCH3 is 2. The first-order valence-corrected chi connectivity index (χ1v) is 10.7. The van der Waals surface area contributed by atoms with Crippen LogP contribution in [0.2, 0.25) is 0 Å². The zero-order valence-corrected chi connectivity index (χ0v) is 19.7. The van der Waals surface area contributed by atoms with Crippen LogP contribution in [-0.2, 0) is 16.1 Å². The van der Waals surface area contributed by atoms with Gasteiger partial charge in [0.2, 0.25) is 5.88 Å². The molecule has 0 bridgehead atoms. The van der Waals surface area contributed by atoms with Crippen LogP contribution in [0.3, 0.4) is 0 Å². The van der Waals surface area contributed by atoms with Gasteiger partial charge in [-0.25, -0.2) is 4.98 Å². The van der Waals surface area contributed by atoms with E-state index in [-0.39, 0.29) is 6.61 Å². The SMILES string of the molecule is COCc1nc(OC)c2c(C)c(C(=O)NNC(=O)C(C)Oc3cccc(C)c3C)sc2n1. The van der Waals surface area contributed by atoms with Crippen LogP contribution >= 0.6 is 11.3 Å². The summed E-state index contributed by atoms with van der Waals surface area (Å²) in [5.74, 6) is 0.507. The number of ether oxygens (including phenoxy) is 3. The van der Waals surface area contributed by atoms with Gasteiger partial charge in [0, 0.05) is 7.11 Å². The average Bonchev–Trinajstić information content (AvgIpc) is 3.11. The molecule has 0 aliphatic carbocycles. The Balaban J connectivity index is 1.72. The number of carbonyl (C=O) groups excluding carboxylic acids is 2. The van der Waals surface area contributed by atoms with Crippen molar-refractivity contribution in [1.29, 1.82) is 0 Å². The van der Waals surface area contributed by atoms with Gasteiger partial charge in [0.1, 0.15) is 17.2 Å². The predicted molar refractivity (Wildman–Crippen MR) is 121 cm³/mol. The fourth-order valence-electron chi connectivity index (χ4n) is 3.07. The van der Waals surface area contributed by atoms with Crippen LogP contribution in [0, 0.1) is 20.8 Å². The van der Waals surface area contributed by atoms with Crippen LogP contribution in [0.15, 0.2) is 18.2 Å². The largest absolute Gasteiger partial charge is 0.481 e. The van der Waals surface area contributed by atoms with E-state index in [4.69, 9.17) is 14.2 Å². The summed E-state index contributed by atoms with van der Waals surface area (Å²) >= 11 is 1.19. The fourth-order valence-corrected chi connectivity index (χ4v) is 4.16. The van der Waals surface area contributed by atoms with Crippen LogP contribution in [0.4, 0.5) is 0 Å². The summed E-state index contributed by atoms with van der Waals surface area (Å²) in [7, 11) is 3.05. The van der Waals surface area contributed by atoms with Gasteiger partial charge in [-0.15, -0.1) is 11.3 Å². The van der Waals surface area contributed by atoms with Gasteiger partial charge >= 0.3 is 0 Å². The Labute approximate surface area is 190 Å². The van der Waals surface area contributed by atoms with Crippen LogP contribution < -0.4 is 20.3 Å². The number of nitrogens with one attached hydrogen (secondary N) is 2. The van der Waals surface area contributed by atoms with Crippen LogP contribution in [0.1, 0.15) is 39.1 Å². The van der Waals surface area contributed by atoms with E-state index >= 15 is 0 Å². The Morgan fingerprint density at radius 1 is 1.09 bits per heavy atom. The topological polar surface area (TPSA) is 112 Å². The van der Waals surface area contributed by atoms with Gasteiger partial charge in [0.15, 0.2) is 11.9 Å². The molecule has 0 radical (unpaired) electrons. The Morgan fingerprint density at radius 3 is 2.53 bits per heavy atom. The number of aryl methyl sites for hydroxylation is 2. The first kappa shape index (κ1) is 23.4. The van der Waals surface area contributed by atoms with Gasteiger partial charge in [-0.3, -0.25) is 20.4 Å². The van der Waals surface area contributed by atoms with Gasteiger partial charge in [-0.05, 0) is 50.5 Å². The van der Waals surface area contributed by atoms with E-state index in [0.29, 0.717) is 38.1 Å².